The van der Waals surface area contributed by atoms with Crippen LogP contribution in [0.1, 0.15) is 25.7 Å². The minimum atomic E-state index is -0.172. The molecule has 0 amide bonds. The van der Waals surface area contributed by atoms with Gasteiger partial charge in [-0.05, 0) is 26.4 Å². The van der Waals surface area contributed by atoms with Crippen molar-refractivity contribution in [3.8, 4) is 0 Å². The number of unbranched alkanes of at least 4 members (excludes halogenated alkanes) is 2. The Labute approximate surface area is 73.1 Å². The van der Waals surface area contributed by atoms with Crippen molar-refractivity contribution in [2.45, 2.75) is 30.5 Å². The van der Waals surface area contributed by atoms with E-state index in [4.69, 9.17) is 23.2 Å². The van der Waals surface area contributed by atoms with Crippen LogP contribution in [0.5, 0.6) is 0 Å². The summed E-state index contributed by atoms with van der Waals surface area (Å²) in [5.41, 5.74) is 0. The van der Waals surface area contributed by atoms with Gasteiger partial charge in [-0.25, -0.2) is 0 Å². The highest BCUT2D eigenvalue weighted by Gasteiger charge is 1.96. The van der Waals surface area contributed by atoms with Gasteiger partial charge in [-0.3, -0.25) is 0 Å². The second-order valence-electron chi connectivity index (χ2n) is 2.34. The molecule has 1 nitrogen and oxygen atoms in total. The zero-order chi connectivity index (χ0) is 7.82. The Bertz CT molecular complexity index is 66.6. The molecule has 0 aliphatic carbocycles. The standard InChI is InChI=1S/C7H15Cl2N/c1-10-6-4-2-3-5-7(8)9/h7,10H,2-6H2,1H3. The Morgan fingerprint density at radius 2 is 1.90 bits per heavy atom. The average Bonchev–Trinajstić information content (AvgIpc) is 1.87. The molecule has 10 heavy (non-hydrogen) atoms. The van der Waals surface area contributed by atoms with Crippen molar-refractivity contribution in [3.63, 3.8) is 0 Å². The molecule has 0 fully saturated rings. The molecule has 0 aliphatic heterocycles. The Hall–Kier alpha value is 0.540. The van der Waals surface area contributed by atoms with Gasteiger partial charge in [-0.1, -0.05) is 12.8 Å². The van der Waals surface area contributed by atoms with Crippen LogP contribution in [0.3, 0.4) is 0 Å². The zero-order valence-corrected chi connectivity index (χ0v) is 7.88. The molecule has 0 bridgehead atoms. The summed E-state index contributed by atoms with van der Waals surface area (Å²) in [7, 11) is 1.96. The lowest BCUT2D eigenvalue weighted by molar-refractivity contribution is 0.630. The van der Waals surface area contributed by atoms with Crippen molar-refractivity contribution in [1.29, 1.82) is 0 Å². The zero-order valence-electron chi connectivity index (χ0n) is 6.37. The summed E-state index contributed by atoms with van der Waals surface area (Å²) in [6.07, 6.45) is 4.50. The van der Waals surface area contributed by atoms with E-state index in [-0.39, 0.29) is 4.84 Å². The highest BCUT2D eigenvalue weighted by atomic mass is 35.5. The van der Waals surface area contributed by atoms with E-state index in [1.807, 2.05) is 7.05 Å². The number of rotatable bonds is 6. The maximum absolute atomic E-state index is 5.54. The first-order valence-electron chi connectivity index (χ1n) is 3.70. The lowest BCUT2D eigenvalue weighted by Gasteiger charge is -2.00. The number of halogens is 2. The summed E-state index contributed by atoms with van der Waals surface area (Å²) >= 11 is 11.1. The van der Waals surface area contributed by atoms with Crippen LogP contribution in [0, 0.1) is 0 Å². The lowest BCUT2D eigenvalue weighted by atomic mass is 10.2. The fourth-order valence-electron chi connectivity index (χ4n) is 0.777. The van der Waals surface area contributed by atoms with Gasteiger partial charge >= 0.3 is 0 Å². The second-order valence-corrected chi connectivity index (χ2v) is 3.62. The number of alkyl halides is 2. The first-order chi connectivity index (χ1) is 4.77. The summed E-state index contributed by atoms with van der Waals surface area (Å²) in [4.78, 5) is -0.172. The summed E-state index contributed by atoms with van der Waals surface area (Å²) in [5.74, 6) is 0. The van der Waals surface area contributed by atoms with Crippen molar-refractivity contribution in [3.05, 3.63) is 0 Å². The van der Waals surface area contributed by atoms with Crippen molar-refractivity contribution < 1.29 is 0 Å². The van der Waals surface area contributed by atoms with E-state index in [0.717, 1.165) is 19.4 Å². The first kappa shape index (κ1) is 10.5. The van der Waals surface area contributed by atoms with E-state index in [1.54, 1.807) is 0 Å². The van der Waals surface area contributed by atoms with Gasteiger partial charge in [0.05, 0.1) is 0 Å². The third-order valence-corrected chi connectivity index (χ3v) is 1.79. The van der Waals surface area contributed by atoms with E-state index in [1.165, 1.54) is 12.8 Å². The van der Waals surface area contributed by atoms with Crippen molar-refractivity contribution in [2.24, 2.45) is 0 Å². The molecule has 62 valence electrons. The van der Waals surface area contributed by atoms with Gasteiger partial charge < -0.3 is 5.32 Å². The number of nitrogens with one attached hydrogen (secondary N) is 1. The molecule has 0 unspecified atom stereocenters. The molecule has 0 rings (SSSR count). The quantitative estimate of drug-likeness (QED) is 0.494. The molecule has 0 aromatic heterocycles. The van der Waals surface area contributed by atoms with Crippen LogP contribution in [0.2, 0.25) is 0 Å². The molecule has 0 heterocycles. The number of hydrogen-bond donors (Lipinski definition) is 1. The van der Waals surface area contributed by atoms with Crippen LogP contribution in [0.4, 0.5) is 0 Å². The predicted molar refractivity (Wildman–Crippen MR) is 47.9 cm³/mol. The smallest absolute Gasteiger partial charge is 0.107 e. The average molecular weight is 184 g/mol. The summed E-state index contributed by atoms with van der Waals surface area (Å²) in [6, 6.07) is 0. The molecule has 0 aliphatic rings. The van der Waals surface area contributed by atoms with Gasteiger partial charge in [0.15, 0.2) is 0 Å². The van der Waals surface area contributed by atoms with Gasteiger partial charge in [0.2, 0.25) is 0 Å². The third-order valence-electron chi connectivity index (χ3n) is 1.35. The molecule has 3 heteroatoms. The molecule has 0 saturated carbocycles. The lowest BCUT2D eigenvalue weighted by Crippen LogP contribution is -2.07. The molecule has 0 aromatic carbocycles. The van der Waals surface area contributed by atoms with Gasteiger partial charge in [0.25, 0.3) is 0 Å². The Morgan fingerprint density at radius 3 is 2.40 bits per heavy atom. The highest BCUT2D eigenvalue weighted by molar-refractivity contribution is 6.44. The molecule has 0 aromatic rings. The molecule has 0 radical (unpaired) electrons. The molecule has 1 N–H and O–H groups in total. The topological polar surface area (TPSA) is 12.0 Å². The van der Waals surface area contributed by atoms with Gasteiger partial charge in [-0.2, -0.15) is 0 Å². The van der Waals surface area contributed by atoms with Gasteiger partial charge in [0.1, 0.15) is 4.84 Å². The van der Waals surface area contributed by atoms with Crippen LogP contribution >= 0.6 is 23.2 Å². The fourth-order valence-corrected chi connectivity index (χ4v) is 1.09. The van der Waals surface area contributed by atoms with Crippen LogP contribution in [-0.2, 0) is 0 Å². The first-order valence-corrected chi connectivity index (χ1v) is 4.57. The minimum Gasteiger partial charge on any atom is -0.320 e. The van der Waals surface area contributed by atoms with E-state index in [0.29, 0.717) is 0 Å². The maximum atomic E-state index is 5.54. The van der Waals surface area contributed by atoms with Crippen LogP contribution in [0.15, 0.2) is 0 Å². The molecular formula is C7H15Cl2N. The van der Waals surface area contributed by atoms with Crippen molar-refractivity contribution >= 4 is 23.2 Å². The maximum Gasteiger partial charge on any atom is 0.107 e. The molecule has 0 saturated heterocycles. The van der Waals surface area contributed by atoms with Crippen molar-refractivity contribution in [1.82, 2.24) is 5.32 Å². The number of hydrogen-bond acceptors (Lipinski definition) is 1. The Kier molecular flexibility index (Phi) is 8.06. The van der Waals surface area contributed by atoms with E-state index < -0.39 is 0 Å². The Balaban J connectivity index is 2.77. The molecule has 0 atom stereocenters. The third kappa shape index (κ3) is 8.54. The highest BCUT2D eigenvalue weighted by Crippen LogP contribution is 2.11. The van der Waals surface area contributed by atoms with Crippen molar-refractivity contribution in [2.75, 3.05) is 13.6 Å². The van der Waals surface area contributed by atoms with Gasteiger partial charge in [0, 0.05) is 0 Å². The minimum absolute atomic E-state index is 0.172. The fraction of sp³-hybridized carbons (Fsp3) is 1.00. The second kappa shape index (κ2) is 7.64. The SMILES string of the molecule is CNCCCCCC(Cl)Cl. The van der Waals surface area contributed by atoms with E-state index >= 15 is 0 Å². The van der Waals surface area contributed by atoms with Crippen LogP contribution < -0.4 is 5.32 Å². The van der Waals surface area contributed by atoms with Crippen LogP contribution in [-0.4, -0.2) is 18.4 Å². The summed E-state index contributed by atoms with van der Waals surface area (Å²) in [6.45, 7) is 1.09. The predicted octanol–water partition coefficient (Wildman–Crippen LogP) is 2.57. The molecule has 0 spiro atoms. The molecular weight excluding hydrogens is 169 g/mol. The summed E-state index contributed by atoms with van der Waals surface area (Å²) in [5, 5.41) is 3.09. The van der Waals surface area contributed by atoms with E-state index in [9.17, 15) is 0 Å². The van der Waals surface area contributed by atoms with Gasteiger partial charge in [-0.15, -0.1) is 23.2 Å². The van der Waals surface area contributed by atoms with Crippen LogP contribution in [0.25, 0.3) is 0 Å². The largest absolute Gasteiger partial charge is 0.320 e. The normalized spacial score (nSPS) is 10.8. The van der Waals surface area contributed by atoms with E-state index in [2.05, 4.69) is 5.32 Å². The monoisotopic (exact) mass is 183 g/mol. The summed E-state index contributed by atoms with van der Waals surface area (Å²) < 4.78 is 0. The Morgan fingerprint density at radius 1 is 1.20 bits per heavy atom.